The lowest BCUT2D eigenvalue weighted by atomic mass is 10.2. The van der Waals surface area contributed by atoms with Crippen LogP contribution in [0.4, 0.5) is 10.1 Å². The summed E-state index contributed by atoms with van der Waals surface area (Å²) in [7, 11) is 0. The Balaban J connectivity index is 2.74. The Labute approximate surface area is 93.5 Å². The minimum absolute atomic E-state index is 0.206. The van der Waals surface area contributed by atoms with E-state index in [1.165, 1.54) is 12.1 Å². The highest BCUT2D eigenvalue weighted by atomic mass is 19.1. The second-order valence-corrected chi connectivity index (χ2v) is 3.46. The molecular formula is C11H15FN2O2. The van der Waals surface area contributed by atoms with Crippen LogP contribution in [0.15, 0.2) is 24.3 Å². The van der Waals surface area contributed by atoms with Crippen LogP contribution >= 0.6 is 0 Å². The average Bonchev–Trinajstić information content (AvgIpc) is 2.26. The summed E-state index contributed by atoms with van der Waals surface area (Å²) in [6.07, 6.45) is 0. The molecule has 16 heavy (non-hydrogen) atoms. The molecule has 0 aliphatic carbocycles. The summed E-state index contributed by atoms with van der Waals surface area (Å²) in [5, 5.41) is 8.71. The highest BCUT2D eigenvalue weighted by molar-refractivity contribution is 5.74. The van der Waals surface area contributed by atoms with Gasteiger partial charge in [0.05, 0.1) is 0 Å². The molecule has 0 radical (unpaired) electrons. The number of anilines is 1. The minimum atomic E-state index is -1.04. The lowest BCUT2D eigenvalue weighted by Crippen LogP contribution is -2.42. The van der Waals surface area contributed by atoms with Gasteiger partial charge in [-0.2, -0.15) is 0 Å². The smallest absolute Gasteiger partial charge is 0.322 e. The van der Waals surface area contributed by atoms with Gasteiger partial charge in [0, 0.05) is 18.8 Å². The van der Waals surface area contributed by atoms with E-state index in [9.17, 15) is 9.18 Å². The number of hydrogen-bond acceptors (Lipinski definition) is 3. The molecule has 0 aliphatic heterocycles. The predicted octanol–water partition coefficient (Wildman–Crippen LogP) is 1.06. The van der Waals surface area contributed by atoms with E-state index in [1.54, 1.807) is 17.0 Å². The molecule has 0 heterocycles. The van der Waals surface area contributed by atoms with Crippen molar-refractivity contribution in [2.24, 2.45) is 5.73 Å². The number of aliphatic carboxylic acids is 1. The van der Waals surface area contributed by atoms with E-state index < -0.39 is 12.0 Å². The summed E-state index contributed by atoms with van der Waals surface area (Å²) in [4.78, 5) is 12.4. The van der Waals surface area contributed by atoms with Crippen LogP contribution in [-0.4, -0.2) is 30.2 Å². The van der Waals surface area contributed by atoms with Gasteiger partial charge in [-0.05, 0) is 31.2 Å². The summed E-state index contributed by atoms with van der Waals surface area (Å²) in [5.41, 5.74) is 6.21. The molecule has 0 fully saturated rings. The Bertz CT molecular complexity index is 354. The molecule has 88 valence electrons. The van der Waals surface area contributed by atoms with Crippen molar-refractivity contribution in [2.45, 2.75) is 13.0 Å². The zero-order chi connectivity index (χ0) is 12.1. The van der Waals surface area contributed by atoms with Gasteiger partial charge in [-0.25, -0.2) is 4.39 Å². The molecule has 1 aromatic carbocycles. The van der Waals surface area contributed by atoms with Crippen LogP contribution in [-0.2, 0) is 4.79 Å². The molecule has 0 spiro atoms. The first-order chi connectivity index (χ1) is 7.54. The normalized spacial score (nSPS) is 12.2. The molecular weight excluding hydrogens is 211 g/mol. The van der Waals surface area contributed by atoms with Crippen molar-refractivity contribution in [3.8, 4) is 0 Å². The molecule has 1 unspecified atom stereocenters. The van der Waals surface area contributed by atoms with Crippen molar-refractivity contribution in [3.63, 3.8) is 0 Å². The molecule has 0 aromatic heterocycles. The SMILES string of the molecule is CCN(CC(N)C(=O)O)c1ccc(F)cc1. The molecule has 0 bridgehead atoms. The van der Waals surface area contributed by atoms with Crippen LogP contribution in [0.25, 0.3) is 0 Å². The van der Waals surface area contributed by atoms with E-state index in [-0.39, 0.29) is 12.4 Å². The first-order valence-corrected chi connectivity index (χ1v) is 5.03. The predicted molar refractivity (Wildman–Crippen MR) is 59.9 cm³/mol. The quantitative estimate of drug-likeness (QED) is 0.788. The number of hydrogen-bond donors (Lipinski definition) is 2. The maximum Gasteiger partial charge on any atom is 0.322 e. The van der Waals surface area contributed by atoms with Gasteiger partial charge in [-0.3, -0.25) is 4.79 Å². The van der Waals surface area contributed by atoms with Crippen LogP contribution < -0.4 is 10.6 Å². The first-order valence-electron chi connectivity index (χ1n) is 5.03. The van der Waals surface area contributed by atoms with E-state index in [0.717, 1.165) is 5.69 Å². The van der Waals surface area contributed by atoms with Gasteiger partial charge in [0.1, 0.15) is 11.9 Å². The van der Waals surface area contributed by atoms with Gasteiger partial charge >= 0.3 is 5.97 Å². The van der Waals surface area contributed by atoms with Crippen molar-refractivity contribution in [1.82, 2.24) is 0 Å². The van der Waals surface area contributed by atoms with E-state index in [1.807, 2.05) is 6.92 Å². The summed E-state index contributed by atoms with van der Waals surface area (Å²) in [6.45, 7) is 2.71. The molecule has 1 aromatic rings. The monoisotopic (exact) mass is 226 g/mol. The van der Waals surface area contributed by atoms with Crippen molar-refractivity contribution in [1.29, 1.82) is 0 Å². The van der Waals surface area contributed by atoms with Crippen molar-refractivity contribution < 1.29 is 14.3 Å². The third kappa shape index (κ3) is 3.20. The number of carbonyl (C=O) groups is 1. The number of halogens is 1. The van der Waals surface area contributed by atoms with Crippen molar-refractivity contribution in [2.75, 3.05) is 18.0 Å². The Morgan fingerprint density at radius 3 is 2.50 bits per heavy atom. The van der Waals surface area contributed by atoms with Crippen LogP contribution in [0.5, 0.6) is 0 Å². The zero-order valence-electron chi connectivity index (χ0n) is 9.06. The highest BCUT2D eigenvalue weighted by Crippen LogP contribution is 2.14. The van der Waals surface area contributed by atoms with Crippen LogP contribution in [0, 0.1) is 5.82 Å². The lowest BCUT2D eigenvalue weighted by Gasteiger charge is -2.24. The Hall–Kier alpha value is -1.62. The molecule has 0 aliphatic rings. The van der Waals surface area contributed by atoms with Crippen molar-refractivity contribution >= 4 is 11.7 Å². The number of nitrogens with two attached hydrogens (primary N) is 1. The van der Waals surface area contributed by atoms with E-state index in [4.69, 9.17) is 10.8 Å². The molecule has 1 rings (SSSR count). The molecule has 4 nitrogen and oxygen atoms in total. The number of carboxylic acids is 1. The molecule has 3 N–H and O–H groups in total. The van der Waals surface area contributed by atoms with Gasteiger partial charge in [0.2, 0.25) is 0 Å². The van der Waals surface area contributed by atoms with Gasteiger partial charge in [0.15, 0.2) is 0 Å². The van der Waals surface area contributed by atoms with Crippen LogP contribution in [0.1, 0.15) is 6.92 Å². The summed E-state index contributed by atoms with van der Waals surface area (Å²) in [5.74, 6) is -1.36. The average molecular weight is 226 g/mol. The Morgan fingerprint density at radius 2 is 2.06 bits per heavy atom. The molecule has 0 saturated heterocycles. The largest absolute Gasteiger partial charge is 0.480 e. The number of carboxylic acid groups (broad SMARTS) is 1. The lowest BCUT2D eigenvalue weighted by molar-refractivity contribution is -0.138. The summed E-state index contributed by atoms with van der Waals surface area (Å²) >= 11 is 0. The third-order valence-electron chi connectivity index (χ3n) is 2.31. The second kappa shape index (κ2) is 5.46. The minimum Gasteiger partial charge on any atom is -0.480 e. The molecule has 0 amide bonds. The van der Waals surface area contributed by atoms with Gasteiger partial charge < -0.3 is 15.7 Å². The topological polar surface area (TPSA) is 66.6 Å². The van der Waals surface area contributed by atoms with Crippen LogP contribution in [0.3, 0.4) is 0 Å². The maximum atomic E-state index is 12.7. The Kier molecular flexibility index (Phi) is 4.25. The maximum absolute atomic E-state index is 12.7. The molecule has 5 heteroatoms. The van der Waals surface area contributed by atoms with Crippen LogP contribution in [0.2, 0.25) is 0 Å². The van der Waals surface area contributed by atoms with E-state index in [0.29, 0.717) is 6.54 Å². The fraction of sp³-hybridized carbons (Fsp3) is 0.364. The van der Waals surface area contributed by atoms with Gasteiger partial charge in [-0.15, -0.1) is 0 Å². The third-order valence-corrected chi connectivity index (χ3v) is 2.31. The zero-order valence-corrected chi connectivity index (χ0v) is 9.06. The first kappa shape index (κ1) is 12.4. The van der Waals surface area contributed by atoms with E-state index in [2.05, 4.69) is 0 Å². The molecule has 0 saturated carbocycles. The van der Waals surface area contributed by atoms with Gasteiger partial charge in [-0.1, -0.05) is 0 Å². The highest BCUT2D eigenvalue weighted by Gasteiger charge is 2.15. The number of benzene rings is 1. The fourth-order valence-corrected chi connectivity index (χ4v) is 1.38. The number of nitrogens with zero attached hydrogens (tertiary/aromatic N) is 1. The molecule has 1 atom stereocenters. The van der Waals surface area contributed by atoms with E-state index >= 15 is 0 Å². The summed E-state index contributed by atoms with van der Waals surface area (Å²) < 4.78 is 12.7. The standard InChI is InChI=1S/C11H15FN2O2/c1-2-14(7-10(13)11(15)16)9-5-3-8(12)4-6-9/h3-6,10H,2,7,13H2,1H3,(H,15,16). The second-order valence-electron chi connectivity index (χ2n) is 3.46. The fourth-order valence-electron chi connectivity index (χ4n) is 1.38. The van der Waals surface area contributed by atoms with Gasteiger partial charge in [0.25, 0.3) is 0 Å². The van der Waals surface area contributed by atoms with Crippen molar-refractivity contribution in [3.05, 3.63) is 30.1 Å². The number of rotatable bonds is 5. The summed E-state index contributed by atoms with van der Waals surface area (Å²) in [6, 6.07) is 4.94. The number of likely N-dealkylation sites (N-methyl/N-ethyl adjacent to an activating group) is 1. The Morgan fingerprint density at radius 1 is 1.50 bits per heavy atom.